The van der Waals surface area contributed by atoms with E-state index in [-0.39, 0.29) is 112 Å². The molecule has 2 aromatic heterocycles. The van der Waals surface area contributed by atoms with Crippen molar-refractivity contribution in [2.75, 3.05) is 26.8 Å². The minimum atomic E-state index is -2.01. The first-order valence-corrected chi connectivity index (χ1v) is 22.7. The molecule has 366 valence electrons. The van der Waals surface area contributed by atoms with Gasteiger partial charge in [0.15, 0.2) is 17.2 Å². The lowest BCUT2D eigenvalue weighted by molar-refractivity contribution is -0.172. The highest BCUT2D eigenvalue weighted by atomic mass is 19.1. The van der Waals surface area contributed by atoms with E-state index in [1.54, 1.807) is 19.1 Å². The molecule has 0 fully saturated rings. The molecular weight excluding hydrogens is 886 g/mol. The zero-order valence-electron chi connectivity index (χ0n) is 39.5. The third-order valence-corrected chi connectivity index (χ3v) is 12.1. The predicted molar refractivity (Wildman–Crippen MR) is 244 cm³/mol. The first-order chi connectivity index (χ1) is 32.0. The molecule has 0 saturated carbocycles. The standard InChI is InChI=1S/C48H60FN7O12/c1-8-48(65)31-22-35-41-27(25-56(35)44(63)30(31)26-67-45(48)64)21-28-29(42(66-7)32(49)23-34(28)53-41)24-51-36(57)11-9-18-50-43(62)33(52-37(58)12-10-19-55-39(60)15-16-40(55)61)13-14-38(59)54-47(5,6)17-20-68-46(2,3)4/h15-16,21-23,33,65H,8-14,17-20,24-26H2,1-7H3,(H,50,62)(H,51,57)(H,52,58)(H,54,59)/t33-,48-/m0/s1. The van der Waals surface area contributed by atoms with Crippen molar-refractivity contribution in [1.82, 2.24) is 35.7 Å². The van der Waals surface area contributed by atoms with Gasteiger partial charge in [0.25, 0.3) is 17.4 Å². The number of hydrogen-bond acceptors (Lipinski definition) is 13. The summed E-state index contributed by atoms with van der Waals surface area (Å²) in [5.74, 6) is -4.53. The smallest absolute Gasteiger partial charge is 0.343 e. The molecular formula is C48H60FN7O12. The Bertz CT molecular complexity index is 2600. The lowest BCUT2D eigenvalue weighted by Crippen LogP contribution is -2.49. The summed E-state index contributed by atoms with van der Waals surface area (Å²) in [5.41, 5.74) is -1.30. The summed E-state index contributed by atoms with van der Waals surface area (Å²) in [4.78, 5) is 109. The fourth-order valence-electron chi connectivity index (χ4n) is 8.37. The van der Waals surface area contributed by atoms with Gasteiger partial charge in [-0.1, -0.05) is 6.92 Å². The molecule has 3 aliphatic heterocycles. The zero-order chi connectivity index (χ0) is 49.7. The molecule has 5 heterocycles. The van der Waals surface area contributed by atoms with Crippen molar-refractivity contribution in [2.45, 2.75) is 135 Å². The van der Waals surface area contributed by atoms with Crippen LogP contribution < -0.4 is 31.6 Å². The number of methoxy groups -OCH3 is 1. The second-order valence-electron chi connectivity index (χ2n) is 18.8. The molecule has 0 saturated heterocycles. The maximum Gasteiger partial charge on any atom is 0.343 e. The normalized spacial score (nSPS) is 16.8. The van der Waals surface area contributed by atoms with Crippen molar-refractivity contribution in [3.05, 3.63) is 68.8 Å². The average Bonchev–Trinajstić information content (AvgIpc) is 3.79. The van der Waals surface area contributed by atoms with Crippen LogP contribution in [0.5, 0.6) is 5.75 Å². The maximum absolute atomic E-state index is 15.6. The number of aromatic nitrogens is 2. The van der Waals surface area contributed by atoms with Crippen molar-refractivity contribution >= 4 is 52.3 Å². The number of aliphatic hydroxyl groups is 1. The number of halogens is 1. The minimum absolute atomic E-state index is 0.0142. The second-order valence-corrected chi connectivity index (χ2v) is 18.8. The van der Waals surface area contributed by atoms with Crippen LogP contribution in [-0.2, 0) is 68.3 Å². The first-order valence-electron chi connectivity index (χ1n) is 22.7. The Morgan fingerprint density at radius 3 is 2.34 bits per heavy atom. The van der Waals surface area contributed by atoms with Crippen LogP contribution in [-0.4, -0.2) is 105 Å². The van der Waals surface area contributed by atoms with Gasteiger partial charge in [-0.05, 0) is 78.9 Å². The van der Waals surface area contributed by atoms with Gasteiger partial charge in [0, 0.05) is 91.3 Å². The summed E-state index contributed by atoms with van der Waals surface area (Å²) >= 11 is 0. The SMILES string of the molecule is CC[C@@]1(O)C(=O)OCc2c1cc1n(c2=O)Cc2cc3c(CNC(=O)CCCNC(=O)[C@H](CCC(=O)NC(C)(C)CCOC(C)(C)C)NC(=O)CCCN4C(=O)C=CC4=O)c(OC)c(F)cc3nc2-1. The Balaban J connectivity index is 1.07. The number of fused-ring (bicyclic) bond motifs is 5. The Morgan fingerprint density at radius 1 is 0.956 bits per heavy atom. The second kappa shape index (κ2) is 20.8. The Labute approximate surface area is 392 Å². The van der Waals surface area contributed by atoms with Gasteiger partial charge in [-0.3, -0.25) is 38.5 Å². The maximum atomic E-state index is 15.6. The highest BCUT2D eigenvalue weighted by Gasteiger charge is 2.45. The van der Waals surface area contributed by atoms with Gasteiger partial charge in [-0.25, -0.2) is 14.2 Å². The number of amides is 6. The van der Waals surface area contributed by atoms with E-state index in [0.29, 0.717) is 40.9 Å². The summed E-state index contributed by atoms with van der Waals surface area (Å²) in [6.45, 7) is 11.2. The van der Waals surface area contributed by atoms with Crippen molar-refractivity contribution in [2.24, 2.45) is 0 Å². The molecule has 3 aliphatic rings. The summed E-state index contributed by atoms with van der Waals surface area (Å²) < 4.78 is 33.4. The third kappa shape index (κ3) is 11.6. The largest absolute Gasteiger partial charge is 0.493 e. The highest BCUT2D eigenvalue weighted by molar-refractivity contribution is 6.12. The van der Waals surface area contributed by atoms with Crippen LogP contribution in [0.4, 0.5) is 4.39 Å². The molecule has 0 aliphatic carbocycles. The van der Waals surface area contributed by atoms with Gasteiger partial charge in [0.2, 0.25) is 23.6 Å². The fraction of sp³-hybridized carbons (Fsp3) is 0.521. The van der Waals surface area contributed by atoms with Crippen LogP contribution in [0.3, 0.4) is 0 Å². The van der Waals surface area contributed by atoms with Gasteiger partial charge >= 0.3 is 5.97 Å². The topological polar surface area (TPSA) is 254 Å². The van der Waals surface area contributed by atoms with E-state index in [2.05, 4.69) is 21.3 Å². The number of carbonyl (C=O) groups excluding carboxylic acids is 7. The van der Waals surface area contributed by atoms with Crippen molar-refractivity contribution in [3.8, 4) is 17.1 Å². The van der Waals surface area contributed by atoms with E-state index >= 15 is 4.39 Å². The van der Waals surface area contributed by atoms with Crippen LogP contribution in [0.2, 0.25) is 0 Å². The monoisotopic (exact) mass is 945 g/mol. The highest BCUT2D eigenvalue weighted by Crippen LogP contribution is 2.40. The molecule has 1 aromatic carbocycles. The molecule has 0 unspecified atom stereocenters. The molecule has 0 spiro atoms. The van der Waals surface area contributed by atoms with E-state index in [1.165, 1.54) is 17.7 Å². The first kappa shape index (κ1) is 50.9. The number of nitrogens with zero attached hydrogens (tertiary/aromatic N) is 3. The van der Waals surface area contributed by atoms with E-state index in [0.717, 1.165) is 17.1 Å². The van der Waals surface area contributed by atoms with E-state index in [9.17, 15) is 43.5 Å². The van der Waals surface area contributed by atoms with Gasteiger partial charge in [-0.2, -0.15) is 0 Å². The molecule has 6 rings (SSSR count). The number of benzene rings is 1. The van der Waals surface area contributed by atoms with Gasteiger partial charge in [0.05, 0.1) is 41.7 Å². The number of rotatable bonds is 21. The molecule has 2 atom stereocenters. The fourth-order valence-corrected chi connectivity index (χ4v) is 8.37. The summed E-state index contributed by atoms with van der Waals surface area (Å²) in [6.07, 6.45) is 2.82. The Kier molecular flexibility index (Phi) is 15.5. The molecule has 5 N–H and O–H groups in total. The number of imide groups is 1. The van der Waals surface area contributed by atoms with Crippen molar-refractivity contribution in [1.29, 1.82) is 0 Å². The van der Waals surface area contributed by atoms with E-state index in [4.69, 9.17) is 19.2 Å². The predicted octanol–water partition coefficient (Wildman–Crippen LogP) is 2.81. The molecule has 0 radical (unpaired) electrons. The van der Waals surface area contributed by atoms with Gasteiger partial charge < -0.3 is 45.2 Å². The number of ether oxygens (including phenoxy) is 3. The number of pyridine rings is 2. The third-order valence-electron chi connectivity index (χ3n) is 12.1. The summed E-state index contributed by atoms with van der Waals surface area (Å²) in [6, 6.07) is 3.37. The van der Waals surface area contributed by atoms with Gasteiger partial charge in [0.1, 0.15) is 12.6 Å². The number of nitrogens with one attached hydrogen (secondary N) is 4. The van der Waals surface area contributed by atoms with Crippen LogP contribution in [0.15, 0.2) is 35.1 Å². The summed E-state index contributed by atoms with van der Waals surface area (Å²) in [7, 11) is 1.29. The van der Waals surface area contributed by atoms with Crippen LogP contribution in [0.1, 0.15) is 115 Å². The zero-order valence-corrected chi connectivity index (χ0v) is 39.5. The lowest BCUT2D eigenvalue weighted by atomic mass is 9.86. The minimum Gasteiger partial charge on any atom is -0.493 e. The average molecular weight is 946 g/mol. The molecule has 68 heavy (non-hydrogen) atoms. The number of esters is 1. The lowest BCUT2D eigenvalue weighted by Gasteiger charge is -2.31. The van der Waals surface area contributed by atoms with Crippen LogP contribution >= 0.6 is 0 Å². The summed E-state index contributed by atoms with van der Waals surface area (Å²) in [5, 5.41) is 22.8. The number of hydrogen-bond donors (Lipinski definition) is 5. The molecule has 20 heteroatoms. The quantitative estimate of drug-likeness (QED) is 0.0459. The van der Waals surface area contributed by atoms with Crippen LogP contribution in [0, 0.1) is 5.82 Å². The van der Waals surface area contributed by atoms with E-state index < -0.39 is 64.1 Å². The molecule has 3 aromatic rings. The van der Waals surface area contributed by atoms with Crippen molar-refractivity contribution < 1.29 is 57.3 Å². The molecule has 6 amide bonds. The Morgan fingerprint density at radius 2 is 1.66 bits per heavy atom. The van der Waals surface area contributed by atoms with Crippen LogP contribution in [0.25, 0.3) is 22.3 Å². The number of cyclic esters (lactones) is 1. The van der Waals surface area contributed by atoms with E-state index in [1.807, 2.05) is 34.6 Å². The number of carbonyl (C=O) groups is 7. The molecule has 19 nitrogen and oxygen atoms in total. The van der Waals surface area contributed by atoms with Gasteiger partial charge in [-0.15, -0.1) is 0 Å². The molecule has 0 bridgehead atoms. The van der Waals surface area contributed by atoms with Crippen molar-refractivity contribution in [3.63, 3.8) is 0 Å². The Hall–Kier alpha value is -6.54.